The zero-order chi connectivity index (χ0) is 21.6. The molecule has 1 aliphatic heterocycles. The van der Waals surface area contributed by atoms with Crippen molar-refractivity contribution in [2.45, 2.75) is 6.42 Å². The molecule has 2 amide bonds. The van der Waals surface area contributed by atoms with Crippen molar-refractivity contribution in [3.8, 4) is 11.5 Å². The molecule has 0 saturated heterocycles. The maximum Gasteiger partial charge on any atom is 0.265 e. The van der Waals surface area contributed by atoms with Gasteiger partial charge in [-0.1, -0.05) is 40.2 Å². The highest BCUT2D eigenvalue weighted by molar-refractivity contribution is 9.10. The highest BCUT2D eigenvalue weighted by atomic mass is 79.9. The summed E-state index contributed by atoms with van der Waals surface area (Å²) < 4.78 is 12.2. The fraction of sp³-hybridized carbons (Fsp3) is 0.167. The number of benzene rings is 3. The van der Waals surface area contributed by atoms with Gasteiger partial charge in [-0.15, -0.1) is 0 Å². The van der Waals surface area contributed by atoms with Crippen LogP contribution in [0, 0.1) is 0 Å². The lowest BCUT2D eigenvalue weighted by atomic mass is 10.1. The Labute approximate surface area is 188 Å². The molecule has 0 atom stereocenters. The Morgan fingerprint density at radius 1 is 1.06 bits per heavy atom. The number of ether oxygens (including phenoxy) is 2. The first kappa shape index (κ1) is 20.9. The van der Waals surface area contributed by atoms with Crippen molar-refractivity contribution in [1.29, 1.82) is 0 Å². The van der Waals surface area contributed by atoms with Crippen LogP contribution in [0.4, 0.5) is 11.4 Å². The van der Waals surface area contributed by atoms with Gasteiger partial charge in [0.2, 0.25) is 0 Å². The van der Waals surface area contributed by atoms with Crippen molar-refractivity contribution in [3.05, 3.63) is 82.8 Å². The molecule has 158 valence electrons. The molecule has 3 aromatic rings. The Hall–Kier alpha value is -3.32. The molecule has 6 nitrogen and oxygen atoms in total. The summed E-state index contributed by atoms with van der Waals surface area (Å²) in [5.74, 6) is 1.05. The van der Waals surface area contributed by atoms with Crippen molar-refractivity contribution in [1.82, 2.24) is 0 Å². The Balaban J connectivity index is 1.40. The Morgan fingerprint density at radius 3 is 2.71 bits per heavy atom. The van der Waals surface area contributed by atoms with Crippen molar-refractivity contribution in [3.63, 3.8) is 0 Å². The third-order valence-corrected chi connectivity index (χ3v) is 5.28. The summed E-state index contributed by atoms with van der Waals surface area (Å²) in [4.78, 5) is 26.6. The van der Waals surface area contributed by atoms with Crippen LogP contribution in [0.3, 0.4) is 0 Å². The number of carbonyl (C=O) groups excluding carboxylic acids is 2. The minimum absolute atomic E-state index is 0.0322. The van der Waals surface area contributed by atoms with Crippen LogP contribution in [0.2, 0.25) is 0 Å². The summed E-state index contributed by atoms with van der Waals surface area (Å²) in [7, 11) is 0. The number of para-hydroxylation sites is 1. The van der Waals surface area contributed by atoms with E-state index in [2.05, 4.69) is 21.2 Å². The standard InChI is InChI=1S/C24H21BrN2O4/c25-18-7-4-6-17(14-18)24(29)26-19-10-11-21-22(15-19)31-16-23(28)27(21)12-5-13-30-20-8-2-1-3-9-20/h1-4,6-11,14-15H,5,12-13,16H2,(H,26,29). The normalized spacial score (nSPS) is 12.7. The van der Waals surface area contributed by atoms with Gasteiger partial charge in [0, 0.05) is 28.3 Å². The van der Waals surface area contributed by atoms with E-state index in [9.17, 15) is 9.59 Å². The minimum Gasteiger partial charge on any atom is -0.494 e. The maximum atomic E-state index is 12.5. The smallest absolute Gasteiger partial charge is 0.265 e. The van der Waals surface area contributed by atoms with Crippen molar-refractivity contribution in [2.24, 2.45) is 0 Å². The number of nitrogens with one attached hydrogen (secondary N) is 1. The van der Waals surface area contributed by atoms with E-state index in [0.717, 1.165) is 10.2 Å². The lowest BCUT2D eigenvalue weighted by Gasteiger charge is -2.29. The fourth-order valence-corrected chi connectivity index (χ4v) is 3.69. The van der Waals surface area contributed by atoms with Crippen LogP contribution >= 0.6 is 15.9 Å². The van der Waals surface area contributed by atoms with Gasteiger partial charge in [-0.25, -0.2) is 0 Å². The second-order valence-corrected chi connectivity index (χ2v) is 7.91. The van der Waals surface area contributed by atoms with Gasteiger partial charge in [-0.3, -0.25) is 9.59 Å². The predicted octanol–water partition coefficient (Wildman–Crippen LogP) is 4.90. The SMILES string of the molecule is O=C(Nc1ccc2c(c1)OCC(=O)N2CCCOc1ccccc1)c1cccc(Br)c1. The average Bonchev–Trinajstić information content (AvgIpc) is 2.78. The molecule has 0 aliphatic carbocycles. The van der Waals surface area contributed by atoms with Crippen LogP contribution in [0.25, 0.3) is 0 Å². The van der Waals surface area contributed by atoms with E-state index < -0.39 is 0 Å². The second kappa shape index (κ2) is 9.66. The second-order valence-electron chi connectivity index (χ2n) is 7.00. The summed E-state index contributed by atoms with van der Waals surface area (Å²) >= 11 is 3.37. The zero-order valence-corrected chi connectivity index (χ0v) is 18.3. The van der Waals surface area contributed by atoms with Gasteiger partial charge in [-0.2, -0.15) is 0 Å². The largest absolute Gasteiger partial charge is 0.494 e. The molecule has 3 aromatic carbocycles. The number of amides is 2. The number of anilines is 2. The van der Waals surface area contributed by atoms with Gasteiger partial charge in [0.1, 0.15) is 11.5 Å². The lowest BCUT2D eigenvalue weighted by Crippen LogP contribution is -2.39. The highest BCUT2D eigenvalue weighted by Crippen LogP contribution is 2.34. The van der Waals surface area contributed by atoms with E-state index in [1.165, 1.54) is 0 Å². The summed E-state index contributed by atoms with van der Waals surface area (Å²) in [5.41, 5.74) is 1.84. The molecule has 0 saturated carbocycles. The molecule has 1 N–H and O–H groups in total. The van der Waals surface area contributed by atoms with Gasteiger partial charge in [0.15, 0.2) is 6.61 Å². The lowest BCUT2D eigenvalue weighted by molar-refractivity contribution is -0.121. The van der Waals surface area contributed by atoms with Crippen LogP contribution < -0.4 is 19.7 Å². The zero-order valence-electron chi connectivity index (χ0n) is 16.7. The molecule has 0 fully saturated rings. The summed E-state index contributed by atoms with van der Waals surface area (Å²) in [6.07, 6.45) is 0.682. The Bertz CT molecular complexity index is 1090. The number of rotatable bonds is 7. The first-order valence-electron chi connectivity index (χ1n) is 9.92. The molecule has 1 heterocycles. The molecule has 7 heteroatoms. The van der Waals surface area contributed by atoms with Crippen LogP contribution in [0.5, 0.6) is 11.5 Å². The van der Waals surface area contributed by atoms with Gasteiger partial charge < -0.3 is 19.7 Å². The molecular weight excluding hydrogens is 460 g/mol. The Kier molecular flexibility index (Phi) is 6.52. The monoisotopic (exact) mass is 480 g/mol. The van der Waals surface area contributed by atoms with Crippen LogP contribution in [0.15, 0.2) is 77.3 Å². The third-order valence-electron chi connectivity index (χ3n) is 4.79. The summed E-state index contributed by atoms with van der Waals surface area (Å²) in [6.45, 7) is 0.992. The van der Waals surface area contributed by atoms with E-state index in [0.29, 0.717) is 42.3 Å². The van der Waals surface area contributed by atoms with E-state index >= 15 is 0 Å². The number of halogens is 1. The molecule has 0 radical (unpaired) electrons. The summed E-state index contributed by atoms with van der Waals surface area (Å²) in [6, 6.07) is 22.0. The molecule has 0 bridgehead atoms. The highest BCUT2D eigenvalue weighted by Gasteiger charge is 2.25. The van der Waals surface area contributed by atoms with E-state index in [1.54, 1.807) is 41.3 Å². The number of carbonyl (C=O) groups is 2. The molecule has 0 spiro atoms. The van der Waals surface area contributed by atoms with Crippen molar-refractivity contribution >= 4 is 39.1 Å². The number of fused-ring (bicyclic) bond motifs is 1. The molecule has 4 rings (SSSR count). The van der Waals surface area contributed by atoms with E-state index in [4.69, 9.17) is 9.47 Å². The van der Waals surface area contributed by atoms with Gasteiger partial charge in [-0.05, 0) is 48.9 Å². The molecule has 31 heavy (non-hydrogen) atoms. The van der Waals surface area contributed by atoms with Gasteiger partial charge in [0.05, 0.1) is 12.3 Å². The molecule has 1 aliphatic rings. The van der Waals surface area contributed by atoms with Gasteiger partial charge >= 0.3 is 0 Å². The van der Waals surface area contributed by atoms with Gasteiger partial charge in [0.25, 0.3) is 11.8 Å². The summed E-state index contributed by atoms with van der Waals surface area (Å²) in [5, 5.41) is 2.87. The molecular formula is C24H21BrN2O4. The predicted molar refractivity (Wildman–Crippen MR) is 123 cm³/mol. The van der Waals surface area contributed by atoms with E-state index in [-0.39, 0.29) is 18.4 Å². The van der Waals surface area contributed by atoms with Crippen LogP contribution in [-0.4, -0.2) is 31.6 Å². The minimum atomic E-state index is -0.219. The maximum absolute atomic E-state index is 12.5. The third kappa shape index (κ3) is 5.24. The number of hydrogen-bond donors (Lipinski definition) is 1. The average molecular weight is 481 g/mol. The molecule has 0 unspecified atom stereocenters. The number of nitrogens with zero attached hydrogens (tertiary/aromatic N) is 1. The van der Waals surface area contributed by atoms with E-state index in [1.807, 2.05) is 36.4 Å². The van der Waals surface area contributed by atoms with Crippen LogP contribution in [0.1, 0.15) is 16.8 Å². The quantitative estimate of drug-likeness (QED) is 0.488. The number of hydrogen-bond acceptors (Lipinski definition) is 4. The van der Waals surface area contributed by atoms with Crippen molar-refractivity contribution in [2.75, 3.05) is 30.0 Å². The fourth-order valence-electron chi connectivity index (χ4n) is 3.29. The first-order valence-corrected chi connectivity index (χ1v) is 10.7. The Morgan fingerprint density at radius 2 is 1.90 bits per heavy atom. The first-order chi connectivity index (χ1) is 15.1. The van der Waals surface area contributed by atoms with Crippen molar-refractivity contribution < 1.29 is 19.1 Å². The molecule has 0 aromatic heterocycles. The topological polar surface area (TPSA) is 67.9 Å². The van der Waals surface area contributed by atoms with Crippen LogP contribution in [-0.2, 0) is 4.79 Å².